The Morgan fingerprint density at radius 1 is 1.36 bits per heavy atom. The normalized spacial score (nSPS) is 25.1. The van der Waals surface area contributed by atoms with Crippen LogP contribution in [0.5, 0.6) is 5.75 Å². The largest absolute Gasteiger partial charge is 0.497 e. The zero-order valence-electron chi connectivity index (χ0n) is 13.2. The summed E-state index contributed by atoms with van der Waals surface area (Å²) in [6, 6.07) is 7.74. The lowest BCUT2D eigenvalue weighted by atomic mass is 10.0. The average molecular weight is 304 g/mol. The standard InChI is InChI=1S/C17H24N2O3/c1-12(22-11-13-4-3-5-16(6-13)21-2)17(20)19-9-14-7-18-8-15(14)10-19/h3-6,12,14-15,18H,7-11H2,1-2H3/t12?,14-,15+. The highest BCUT2D eigenvalue weighted by Crippen LogP contribution is 2.27. The minimum atomic E-state index is -0.405. The van der Waals surface area contributed by atoms with Gasteiger partial charge in [0.1, 0.15) is 11.9 Å². The molecule has 0 spiro atoms. The Morgan fingerprint density at radius 3 is 2.77 bits per heavy atom. The summed E-state index contributed by atoms with van der Waals surface area (Å²) >= 11 is 0. The van der Waals surface area contributed by atoms with Crippen molar-refractivity contribution in [2.45, 2.75) is 19.6 Å². The number of carbonyl (C=O) groups is 1. The number of nitrogens with one attached hydrogen (secondary N) is 1. The van der Waals surface area contributed by atoms with Crippen LogP contribution in [0.3, 0.4) is 0 Å². The van der Waals surface area contributed by atoms with Crippen LogP contribution in [0.2, 0.25) is 0 Å². The fourth-order valence-corrected chi connectivity index (χ4v) is 3.35. The molecule has 2 aliphatic heterocycles. The molecule has 120 valence electrons. The molecular weight excluding hydrogens is 280 g/mol. The Morgan fingerprint density at radius 2 is 2.09 bits per heavy atom. The fraction of sp³-hybridized carbons (Fsp3) is 0.588. The zero-order valence-corrected chi connectivity index (χ0v) is 13.2. The first-order chi connectivity index (χ1) is 10.7. The SMILES string of the molecule is COc1cccc(COC(C)C(=O)N2C[C@H]3CNC[C@H]3C2)c1. The third-order valence-electron chi connectivity index (χ3n) is 4.68. The molecule has 1 aromatic rings. The van der Waals surface area contributed by atoms with Crippen molar-refractivity contribution in [2.24, 2.45) is 11.8 Å². The number of methoxy groups -OCH3 is 1. The summed E-state index contributed by atoms with van der Waals surface area (Å²) in [5, 5.41) is 3.39. The molecule has 2 fully saturated rings. The minimum absolute atomic E-state index is 0.109. The van der Waals surface area contributed by atoms with Gasteiger partial charge < -0.3 is 19.7 Å². The average Bonchev–Trinajstić information content (AvgIpc) is 3.13. The Hall–Kier alpha value is -1.59. The number of carbonyl (C=O) groups excluding carboxylic acids is 1. The van der Waals surface area contributed by atoms with E-state index < -0.39 is 6.10 Å². The number of ether oxygens (including phenoxy) is 2. The van der Waals surface area contributed by atoms with E-state index in [4.69, 9.17) is 9.47 Å². The summed E-state index contributed by atoms with van der Waals surface area (Å²) in [4.78, 5) is 14.4. The Bertz CT molecular complexity index is 522. The van der Waals surface area contributed by atoms with Crippen molar-refractivity contribution < 1.29 is 14.3 Å². The van der Waals surface area contributed by atoms with Gasteiger partial charge in [0, 0.05) is 26.2 Å². The Kier molecular flexibility index (Phi) is 4.64. The molecule has 3 atom stereocenters. The molecule has 2 aliphatic rings. The van der Waals surface area contributed by atoms with Gasteiger partial charge >= 0.3 is 0 Å². The topological polar surface area (TPSA) is 50.8 Å². The first-order valence-electron chi connectivity index (χ1n) is 7.91. The minimum Gasteiger partial charge on any atom is -0.497 e. The van der Waals surface area contributed by atoms with Gasteiger partial charge in [-0.15, -0.1) is 0 Å². The number of hydrogen-bond acceptors (Lipinski definition) is 4. The Balaban J connectivity index is 1.51. The molecule has 1 aromatic carbocycles. The third kappa shape index (κ3) is 3.25. The van der Waals surface area contributed by atoms with Crippen molar-refractivity contribution in [2.75, 3.05) is 33.3 Å². The number of likely N-dealkylation sites (tertiary alicyclic amines) is 1. The fourth-order valence-electron chi connectivity index (χ4n) is 3.35. The molecule has 0 bridgehead atoms. The molecule has 1 N–H and O–H groups in total. The van der Waals surface area contributed by atoms with Gasteiger partial charge in [-0.2, -0.15) is 0 Å². The molecule has 0 radical (unpaired) electrons. The maximum Gasteiger partial charge on any atom is 0.251 e. The van der Waals surface area contributed by atoms with Gasteiger partial charge in [0.25, 0.3) is 5.91 Å². The van der Waals surface area contributed by atoms with Gasteiger partial charge in [-0.1, -0.05) is 12.1 Å². The van der Waals surface area contributed by atoms with E-state index in [0.29, 0.717) is 18.4 Å². The highest BCUT2D eigenvalue weighted by molar-refractivity contribution is 5.80. The summed E-state index contributed by atoms with van der Waals surface area (Å²) in [5.74, 6) is 2.15. The van der Waals surface area contributed by atoms with Crippen molar-refractivity contribution in [1.29, 1.82) is 0 Å². The van der Waals surface area contributed by atoms with E-state index in [2.05, 4.69) is 5.32 Å². The second kappa shape index (κ2) is 6.67. The second-order valence-corrected chi connectivity index (χ2v) is 6.23. The molecule has 0 aliphatic carbocycles. The number of amides is 1. The summed E-state index contributed by atoms with van der Waals surface area (Å²) in [7, 11) is 1.64. The van der Waals surface area contributed by atoms with Crippen molar-refractivity contribution in [3.8, 4) is 5.75 Å². The second-order valence-electron chi connectivity index (χ2n) is 6.23. The molecule has 1 unspecified atom stereocenters. The molecule has 1 amide bonds. The van der Waals surface area contributed by atoms with Gasteiger partial charge in [-0.3, -0.25) is 4.79 Å². The summed E-state index contributed by atoms with van der Waals surface area (Å²) in [6.45, 7) is 6.06. The smallest absolute Gasteiger partial charge is 0.251 e. The van der Waals surface area contributed by atoms with Crippen LogP contribution in [0.1, 0.15) is 12.5 Å². The van der Waals surface area contributed by atoms with E-state index in [0.717, 1.165) is 37.5 Å². The number of hydrogen-bond donors (Lipinski definition) is 1. The van der Waals surface area contributed by atoms with E-state index in [-0.39, 0.29) is 5.91 Å². The lowest BCUT2D eigenvalue weighted by Gasteiger charge is -2.22. The third-order valence-corrected chi connectivity index (χ3v) is 4.68. The van der Waals surface area contributed by atoms with E-state index in [1.165, 1.54) is 0 Å². The van der Waals surface area contributed by atoms with E-state index in [9.17, 15) is 4.79 Å². The quantitative estimate of drug-likeness (QED) is 0.890. The van der Waals surface area contributed by atoms with Gasteiger partial charge in [-0.25, -0.2) is 0 Å². The van der Waals surface area contributed by atoms with E-state index in [1.807, 2.05) is 36.1 Å². The van der Waals surface area contributed by atoms with Crippen molar-refractivity contribution in [3.05, 3.63) is 29.8 Å². The van der Waals surface area contributed by atoms with Crippen molar-refractivity contribution in [3.63, 3.8) is 0 Å². The van der Waals surface area contributed by atoms with Gasteiger partial charge in [-0.05, 0) is 36.5 Å². The van der Waals surface area contributed by atoms with Gasteiger partial charge in [0.05, 0.1) is 13.7 Å². The van der Waals surface area contributed by atoms with E-state index >= 15 is 0 Å². The van der Waals surface area contributed by atoms with Crippen LogP contribution in [0.15, 0.2) is 24.3 Å². The van der Waals surface area contributed by atoms with Crippen LogP contribution in [0, 0.1) is 11.8 Å². The summed E-state index contributed by atoms with van der Waals surface area (Å²) < 4.78 is 11.0. The predicted octanol–water partition coefficient (Wildman–Crippen LogP) is 1.28. The lowest BCUT2D eigenvalue weighted by Crippen LogP contribution is -2.39. The van der Waals surface area contributed by atoms with E-state index in [1.54, 1.807) is 7.11 Å². The van der Waals surface area contributed by atoms with Crippen LogP contribution in [-0.2, 0) is 16.1 Å². The maximum absolute atomic E-state index is 12.5. The Labute approximate surface area is 131 Å². The van der Waals surface area contributed by atoms with Crippen molar-refractivity contribution in [1.82, 2.24) is 10.2 Å². The van der Waals surface area contributed by atoms with Crippen LogP contribution in [0.25, 0.3) is 0 Å². The van der Waals surface area contributed by atoms with Crippen LogP contribution in [0.4, 0.5) is 0 Å². The molecule has 2 saturated heterocycles. The molecule has 2 heterocycles. The number of nitrogens with zero attached hydrogens (tertiary/aromatic N) is 1. The molecule has 0 aromatic heterocycles. The first kappa shape index (κ1) is 15.3. The predicted molar refractivity (Wildman–Crippen MR) is 83.7 cm³/mol. The molecule has 3 rings (SSSR count). The van der Waals surface area contributed by atoms with Gasteiger partial charge in [0.15, 0.2) is 0 Å². The highest BCUT2D eigenvalue weighted by Gasteiger charge is 2.39. The number of fused-ring (bicyclic) bond motifs is 1. The maximum atomic E-state index is 12.5. The molecule has 5 heteroatoms. The number of rotatable bonds is 5. The molecule has 0 saturated carbocycles. The van der Waals surface area contributed by atoms with Crippen LogP contribution < -0.4 is 10.1 Å². The summed E-state index contributed by atoms with van der Waals surface area (Å²) in [6.07, 6.45) is -0.405. The monoisotopic (exact) mass is 304 g/mol. The highest BCUT2D eigenvalue weighted by atomic mass is 16.5. The van der Waals surface area contributed by atoms with Crippen molar-refractivity contribution >= 4 is 5.91 Å². The lowest BCUT2D eigenvalue weighted by molar-refractivity contribution is -0.142. The van der Waals surface area contributed by atoms with Crippen LogP contribution >= 0.6 is 0 Å². The summed E-state index contributed by atoms with van der Waals surface area (Å²) in [5.41, 5.74) is 1.02. The number of benzene rings is 1. The van der Waals surface area contributed by atoms with Gasteiger partial charge in [0.2, 0.25) is 0 Å². The molecule has 5 nitrogen and oxygen atoms in total. The first-order valence-corrected chi connectivity index (χ1v) is 7.91. The molecule has 22 heavy (non-hydrogen) atoms. The molecular formula is C17H24N2O3. The zero-order chi connectivity index (χ0) is 15.5. The van der Waals surface area contributed by atoms with Crippen LogP contribution in [-0.4, -0.2) is 50.2 Å².